The second kappa shape index (κ2) is 16.7. The van der Waals surface area contributed by atoms with E-state index in [9.17, 15) is 0 Å². The van der Waals surface area contributed by atoms with Crippen LogP contribution in [0.5, 0.6) is 0 Å². The topological polar surface area (TPSA) is 0 Å². The van der Waals surface area contributed by atoms with Crippen molar-refractivity contribution in [3.8, 4) is 0 Å². The number of rotatable bonds is 4. The monoisotopic (exact) mass is 573 g/mol. The molecule has 0 aliphatic rings. The molecule has 3 heteroatoms. The van der Waals surface area contributed by atoms with Crippen molar-refractivity contribution in [2.24, 2.45) is 0 Å². The van der Waals surface area contributed by atoms with Gasteiger partial charge in [0.15, 0.2) is 0 Å². The van der Waals surface area contributed by atoms with Gasteiger partial charge in [-0.3, -0.25) is 0 Å². The Morgan fingerprint density at radius 3 is 1.74 bits per heavy atom. The van der Waals surface area contributed by atoms with Gasteiger partial charge in [-0.15, -0.1) is 57.4 Å². The normalized spacial score (nSPS) is 10.5. The molecule has 0 fully saturated rings. The molecular weight excluding hydrogens is 534 g/mol. The molecule has 0 unspecified atom stereocenters. The van der Waals surface area contributed by atoms with E-state index in [-0.39, 0.29) is 0 Å². The number of unbranched alkanes of at least 4 members (excludes halogenated alkanes) is 1. The Morgan fingerprint density at radius 2 is 1.21 bits per heavy atom. The van der Waals surface area contributed by atoms with Crippen LogP contribution in [-0.2, 0) is 20.8 Å². The number of benzene rings is 2. The van der Waals surface area contributed by atoms with E-state index >= 15 is 0 Å². The molecule has 0 N–H and O–H groups in total. The summed E-state index contributed by atoms with van der Waals surface area (Å²) in [7, 11) is 9.87. The maximum atomic E-state index is 4.93. The molecule has 0 bridgehead atoms. The van der Waals surface area contributed by atoms with Crippen molar-refractivity contribution in [1.29, 1.82) is 0 Å². The molecule has 0 aliphatic heterocycles. The van der Waals surface area contributed by atoms with E-state index in [0.717, 1.165) is 6.42 Å². The summed E-state index contributed by atoms with van der Waals surface area (Å²) in [4.78, 5) is 0. The first-order valence-electron chi connectivity index (χ1n) is 12.3. The summed E-state index contributed by atoms with van der Waals surface area (Å²) in [5, 5.41) is 5.65. The van der Waals surface area contributed by atoms with E-state index in [0.29, 0.717) is 17.8 Å². The summed E-state index contributed by atoms with van der Waals surface area (Å²) in [6.07, 6.45) is 2.28. The molecule has 4 rings (SSSR count). The van der Waals surface area contributed by atoms with E-state index in [1.807, 2.05) is 0 Å². The van der Waals surface area contributed by atoms with Gasteiger partial charge in [0.1, 0.15) is 0 Å². The summed E-state index contributed by atoms with van der Waals surface area (Å²) in [5.41, 5.74) is 4.40. The number of halogens is 2. The molecule has 0 saturated heterocycles. The van der Waals surface area contributed by atoms with Gasteiger partial charge in [-0.1, -0.05) is 84.1 Å². The zero-order chi connectivity index (χ0) is 25.7. The molecule has 0 amide bonds. The molecule has 34 heavy (non-hydrogen) atoms. The zero-order valence-corrected chi connectivity index (χ0v) is 25.9. The van der Waals surface area contributed by atoms with Crippen molar-refractivity contribution in [2.45, 2.75) is 79.1 Å². The van der Waals surface area contributed by atoms with Crippen LogP contribution in [0.15, 0.2) is 66.7 Å². The van der Waals surface area contributed by atoms with Crippen LogP contribution in [0, 0.1) is 6.92 Å². The van der Waals surface area contributed by atoms with Gasteiger partial charge in [-0.25, -0.2) is 0 Å². The van der Waals surface area contributed by atoms with Gasteiger partial charge >= 0.3 is 37.9 Å². The number of hydrogen-bond acceptors (Lipinski definition) is 0. The first-order valence-corrected chi connectivity index (χ1v) is 18.6. The average Bonchev–Trinajstić information content (AvgIpc) is 3.48. The Balaban J connectivity index is 0.000000272. The molecule has 0 heterocycles. The summed E-state index contributed by atoms with van der Waals surface area (Å²) in [6.45, 7) is 19.2. The van der Waals surface area contributed by atoms with Gasteiger partial charge in [0.2, 0.25) is 0 Å². The van der Waals surface area contributed by atoms with E-state index in [1.165, 1.54) is 44.7 Å². The molecule has 4 aromatic rings. The predicted octanol–water partition coefficient (Wildman–Crippen LogP) is 11.5. The summed E-state index contributed by atoms with van der Waals surface area (Å²) in [5.74, 6) is 1.84. The second-order valence-electron chi connectivity index (χ2n) is 9.36. The number of fused-ring (bicyclic) bond motifs is 2. The van der Waals surface area contributed by atoms with Gasteiger partial charge in [0.25, 0.3) is 0 Å². The van der Waals surface area contributed by atoms with Crippen molar-refractivity contribution >= 4 is 38.6 Å². The Bertz CT molecular complexity index is 1030. The van der Waals surface area contributed by atoms with Gasteiger partial charge < -0.3 is 6.92 Å². The van der Waals surface area contributed by atoms with Gasteiger partial charge in [0, 0.05) is 0 Å². The molecule has 0 atom stereocenters. The Labute approximate surface area is 227 Å². The maximum absolute atomic E-state index is 4.93. The Morgan fingerprint density at radius 1 is 0.735 bits per heavy atom. The third-order valence-electron chi connectivity index (χ3n) is 5.81. The van der Waals surface area contributed by atoms with Crippen LogP contribution in [0.2, 0.25) is 0 Å². The van der Waals surface area contributed by atoms with Crippen molar-refractivity contribution in [2.75, 3.05) is 0 Å². The summed E-state index contributed by atoms with van der Waals surface area (Å²) < 4.78 is 0. The first kappa shape index (κ1) is 31.2. The van der Waals surface area contributed by atoms with Crippen molar-refractivity contribution in [3.05, 3.63) is 90.3 Å². The van der Waals surface area contributed by atoms with Gasteiger partial charge in [-0.05, 0) is 11.8 Å². The van der Waals surface area contributed by atoms with Crippen LogP contribution in [0.25, 0.3) is 21.5 Å². The van der Waals surface area contributed by atoms with Crippen LogP contribution < -0.4 is 0 Å². The minimum absolute atomic E-state index is 0.608. The zero-order valence-electron chi connectivity index (χ0n) is 22.0. The third-order valence-corrected chi connectivity index (χ3v) is 5.81. The SMILES string of the molecule is CC(C)c1ccc(C(C)C)c2[cH-]ccc12.CC(C)c1cccc2[cH-]ccc12.[CH2-]CCC.[Cl][Zr][Cl]. The van der Waals surface area contributed by atoms with Crippen molar-refractivity contribution in [3.63, 3.8) is 0 Å². The molecule has 0 aromatic heterocycles. The quantitative estimate of drug-likeness (QED) is 0.212. The predicted molar refractivity (Wildman–Crippen MR) is 153 cm³/mol. The minimum atomic E-state index is -0.826. The third kappa shape index (κ3) is 9.29. The van der Waals surface area contributed by atoms with E-state index < -0.39 is 20.8 Å². The first-order chi connectivity index (χ1) is 16.2. The fourth-order valence-electron chi connectivity index (χ4n) is 3.98. The van der Waals surface area contributed by atoms with Crippen LogP contribution >= 0.6 is 17.0 Å². The number of hydrogen-bond donors (Lipinski definition) is 0. The molecule has 186 valence electrons. The van der Waals surface area contributed by atoms with Crippen LogP contribution in [-0.4, -0.2) is 0 Å². The fraction of sp³-hybridized carbons (Fsp3) is 0.387. The average molecular weight is 576 g/mol. The molecule has 0 nitrogen and oxygen atoms in total. The molecule has 0 radical (unpaired) electrons. The van der Waals surface area contributed by atoms with E-state index in [2.05, 4.69) is 122 Å². The fourth-order valence-corrected chi connectivity index (χ4v) is 3.98. The standard InChI is InChI=1S/C15H19.C12H13.C4H9.2ClH.Zr/c1-10(2)12-8-9-13(11(3)4)15-7-5-6-14(12)15;1-9(2)11-7-3-5-10-6-4-8-12(10)11;1-3-4-2;;;/h5-11H,1-4H3;3-9H,1-2H3;1,3-4H2,2H3;2*1H;/q3*-1;;;+2/p-2. The second-order valence-corrected chi connectivity index (χ2v) is 13.1. The van der Waals surface area contributed by atoms with E-state index in [1.54, 1.807) is 0 Å². The van der Waals surface area contributed by atoms with Gasteiger partial charge in [0.05, 0.1) is 0 Å². The van der Waals surface area contributed by atoms with Crippen LogP contribution in [0.1, 0.15) is 95.8 Å². The summed E-state index contributed by atoms with van der Waals surface area (Å²) >= 11 is -0.826. The molecular formula is C31H41Cl2Zr-3. The van der Waals surface area contributed by atoms with Crippen molar-refractivity contribution < 1.29 is 20.8 Å². The summed E-state index contributed by atoms with van der Waals surface area (Å²) in [6, 6.07) is 24.3. The Kier molecular flexibility index (Phi) is 15.3. The van der Waals surface area contributed by atoms with Crippen LogP contribution in [0.3, 0.4) is 0 Å². The molecule has 4 aromatic carbocycles. The molecule has 0 spiro atoms. The van der Waals surface area contributed by atoms with Gasteiger partial charge in [-0.2, -0.15) is 30.7 Å². The van der Waals surface area contributed by atoms with Crippen LogP contribution in [0.4, 0.5) is 0 Å². The van der Waals surface area contributed by atoms with Crippen molar-refractivity contribution in [1.82, 2.24) is 0 Å². The molecule has 0 aliphatic carbocycles. The van der Waals surface area contributed by atoms with E-state index in [4.69, 9.17) is 17.0 Å². The molecule has 0 saturated carbocycles. The Hall–Kier alpha value is -0.877.